The van der Waals surface area contributed by atoms with E-state index in [1.807, 2.05) is 41.5 Å². The largest absolute Gasteiger partial charge is 0.465 e. The third kappa shape index (κ3) is 3.97. The second-order valence-electron chi connectivity index (χ2n) is 7.05. The summed E-state index contributed by atoms with van der Waals surface area (Å²) >= 11 is 1.65. The minimum absolute atomic E-state index is 0.227. The molecule has 25 heavy (non-hydrogen) atoms. The number of hydrogen-bond acceptors (Lipinski definition) is 5. The number of nitrogens with zero attached hydrogens (tertiary/aromatic N) is 2. The van der Waals surface area contributed by atoms with Crippen molar-refractivity contribution in [2.45, 2.75) is 25.9 Å². The number of fused-ring (bicyclic) bond motifs is 3. The fourth-order valence-electron chi connectivity index (χ4n) is 3.77. The van der Waals surface area contributed by atoms with Crippen molar-refractivity contribution >= 4 is 17.2 Å². The number of amides is 1. The predicted molar refractivity (Wildman–Crippen MR) is 96.6 cm³/mol. The molecule has 0 aliphatic carbocycles. The highest BCUT2D eigenvalue weighted by Gasteiger charge is 2.35. The van der Waals surface area contributed by atoms with Crippen molar-refractivity contribution < 1.29 is 13.9 Å². The summed E-state index contributed by atoms with van der Waals surface area (Å²) in [7, 11) is 0. The van der Waals surface area contributed by atoms with Gasteiger partial charge >= 0.3 is 0 Å². The Bertz CT molecular complexity index is 712. The maximum Gasteiger partial charge on any atom is 0.227 e. The number of hydrogen-bond donors (Lipinski definition) is 0. The average Bonchev–Trinajstić information content (AvgIpc) is 3.12. The molecule has 0 radical (unpaired) electrons. The Labute approximate surface area is 152 Å². The fourth-order valence-corrected chi connectivity index (χ4v) is 4.47. The minimum atomic E-state index is 0.227. The molecule has 0 unspecified atom stereocenters. The number of rotatable bonds is 4. The second-order valence-corrected chi connectivity index (χ2v) is 8.09. The van der Waals surface area contributed by atoms with Crippen molar-refractivity contribution in [1.29, 1.82) is 0 Å². The molecule has 2 aromatic rings. The lowest BCUT2D eigenvalue weighted by Crippen LogP contribution is -2.46. The van der Waals surface area contributed by atoms with E-state index in [1.165, 1.54) is 0 Å². The van der Waals surface area contributed by atoms with Crippen molar-refractivity contribution in [2.75, 3.05) is 32.8 Å². The topological polar surface area (TPSA) is 45.9 Å². The van der Waals surface area contributed by atoms with Crippen LogP contribution in [0, 0.1) is 12.8 Å². The van der Waals surface area contributed by atoms with Gasteiger partial charge in [-0.05, 0) is 30.5 Å². The van der Waals surface area contributed by atoms with Gasteiger partial charge in [-0.1, -0.05) is 6.07 Å². The first kappa shape index (κ1) is 16.8. The number of carbonyl (C=O) groups is 1. The Morgan fingerprint density at radius 3 is 2.92 bits per heavy atom. The van der Waals surface area contributed by atoms with E-state index in [0.29, 0.717) is 18.9 Å². The van der Waals surface area contributed by atoms with Crippen LogP contribution in [0.3, 0.4) is 0 Å². The van der Waals surface area contributed by atoms with E-state index >= 15 is 0 Å². The fraction of sp³-hybridized carbons (Fsp3) is 0.526. The molecular formula is C19H24N2O3S. The van der Waals surface area contributed by atoms with Gasteiger partial charge in [0.05, 0.1) is 32.2 Å². The number of thiophene rings is 1. The van der Waals surface area contributed by atoms with Crippen molar-refractivity contribution in [1.82, 2.24) is 9.80 Å². The molecule has 0 spiro atoms. The number of ether oxygens (including phenoxy) is 1. The monoisotopic (exact) mass is 360 g/mol. The highest BCUT2D eigenvalue weighted by Crippen LogP contribution is 2.23. The Morgan fingerprint density at radius 2 is 2.16 bits per heavy atom. The van der Waals surface area contributed by atoms with E-state index < -0.39 is 0 Å². The number of furan rings is 1. The van der Waals surface area contributed by atoms with Gasteiger partial charge in [0.1, 0.15) is 11.5 Å². The van der Waals surface area contributed by atoms with Crippen LogP contribution < -0.4 is 0 Å². The van der Waals surface area contributed by atoms with E-state index in [-0.39, 0.29) is 11.9 Å². The Hall–Kier alpha value is -1.63. The molecule has 4 rings (SSSR count). The molecule has 0 saturated carbocycles. The van der Waals surface area contributed by atoms with Crippen molar-refractivity contribution in [3.63, 3.8) is 0 Å². The summed E-state index contributed by atoms with van der Waals surface area (Å²) in [5, 5.41) is 2.03. The summed E-state index contributed by atoms with van der Waals surface area (Å²) in [5.41, 5.74) is 0. The lowest BCUT2D eigenvalue weighted by atomic mass is 10.1. The van der Waals surface area contributed by atoms with Crippen LogP contribution >= 0.6 is 11.3 Å². The van der Waals surface area contributed by atoms with Crippen LogP contribution in [0.15, 0.2) is 34.1 Å². The molecule has 2 atom stereocenters. The van der Waals surface area contributed by atoms with Crippen molar-refractivity contribution in [2.24, 2.45) is 5.92 Å². The summed E-state index contributed by atoms with van der Waals surface area (Å²) in [5.74, 6) is 2.52. The smallest absolute Gasteiger partial charge is 0.227 e. The zero-order chi connectivity index (χ0) is 17.2. The third-order valence-electron chi connectivity index (χ3n) is 5.00. The Morgan fingerprint density at radius 1 is 1.24 bits per heavy atom. The molecule has 2 aliphatic rings. The predicted octanol–water partition coefficient (Wildman–Crippen LogP) is 2.55. The van der Waals surface area contributed by atoms with E-state index in [4.69, 9.17) is 9.15 Å². The molecule has 5 nitrogen and oxygen atoms in total. The molecule has 2 bridgehead atoms. The first-order valence-corrected chi connectivity index (χ1v) is 9.72. The summed E-state index contributed by atoms with van der Waals surface area (Å²) in [6, 6.07) is 8.32. The van der Waals surface area contributed by atoms with Gasteiger partial charge in [-0.3, -0.25) is 9.69 Å². The Kier molecular flexibility index (Phi) is 4.92. The van der Waals surface area contributed by atoms with Crippen LogP contribution in [0.2, 0.25) is 0 Å². The van der Waals surface area contributed by atoms with Gasteiger partial charge in [0.2, 0.25) is 5.91 Å². The average molecular weight is 360 g/mol. The van der Waals surface area contributed by atoms with E-state index in [2.05, 4.69) is 4.90 Å². The quantitative estimate of drug-likeness (QED) is 0.841. The normalized spacial score (nSPS) is 24.3. The van der Waals surface area contributed by atoms with Crippen molar-refractivity contribution in [3.8, 4) is 0 Å². The van der Waals surface area contributed by atoms with E-state index in [1.54, 1.807) is 11.3 Å². The molecule has 0 N–H and O–H groups in total. The summed E-state index contributed by atoms with van der Waals surface area (Å²) < 4.78 is 11.6. The van der Waals surface area contributed by atoms with Gasteiger partial charge in [0.15, 0.2) is 0 Å². The molecule has 6 heteroatoms. The highest BCUT2D eigenvalue weighted by atomic mass is 32.1. The lowest BCUT2D eigenvalue weighted by molar-refractivity contribution is -0.132. The standard InChI is InChI=1S/C19H24N2O3S/c1-14-4-5-17(24-14)11-20-8-15-9-21(10-16(20)13-23-12-15)19(22)7-18-3-2-6-25-18/h2-6,15-16H,7-13H2,1H3/t15-,16+/m1/s1. The molecule has 2 aromatic heterocycles. The van der Waals surface area contributed by atoms with Crippen LogP contribution in [0.1, 0.15) is 16.4 Å². The molecular weight excluding hydrogens is 336 g/mol. The van der Waals surface area contributed by atoms with Crippen LogP contribution in [0.4, 0.5) is 0 Å². The highest BCUT2D eigenvalue weighted by molar-refractivity contribution is 7.10. The SMILES string of the molecule is Cc1ccc(CN2C[C@H]3COC[C@@H]2CN(C(=O)Cc2cccs2)C3)o1. The first-order chi connectivity index (χ1) is 12.2. The summed E-state index contributed by atoms with van der Waals surface area (Å²) in [6.07, 6.45) is 0.509. The van der Waals surface area contributed by atoms with Crippen LogP contribution in [0.5, 0.6) is 0 Å². The lowest BCUT2D eigenvalue weighted by Gasteiger charge is -2.31. The number of aryl methyl sites for hydroxylation is 1. The Balaban J connectivity index is 1.46. The first-order valence-electron chi connectivity index (χ1n) is 8.84. The van der Waals surface area contributed by atoms with Crippen LogP contribution in [-0.2, 0) is 22.5 Å². The zero-order valence-electron chi connectivity index (χ0n) is 14.5. The third-order valence-corrected chi connectivity index (χ3v) is 5.87. The van der Waals surface area contributed by atoms with E-state index in [9.17, 15) is 4.79 Å². The molecule has 134 valence electrons. The van der Waals surface area contributed by atoms with Gasteiger partial charge in [0, 0.05) is 30.4 Å². The summed E-state index contributed by atoms with van der Waals surface area (Å²) in [4.78, 5) is 18.4. The molecule has 2 fully saturated rings. The van der Waals surface area contributed by atoms with Gasteiger partial charge < -0.3 is 14.1 Å². The molecule has 2 aliphatic heterocycles. The molecule has 0 aromatic carbocycles. The zero-order valence-corrected chi connectivity index (χ0v) is 15.3. The van der Waals surface area contributed by atoms with E-state index in [0.717, 1.165) is 49.2 Å². The summed E-state index contributed by atoms with van der Waals surface area (Å²) in [6.45, 7) is 6.64. The molecule has 4 heterocycles. The van der Waals surface area contributed by atoms with Crippen LogP contribution in [0.25, 0.3) is 0 Å². The minimum Gasteiger partial charge on any atom is -0.465 e. The maximum atomic E-state index is 12.8. The van der Waals surface area contributed by atoms with Gasteiger partial charge in [-0.15, -0.1) is 11.3 Å². The second kappa shape index (κ2) is 7.32. The van der Waals surface area contributed by atoms with Crippen LogP contribution in [-0.4, -0.2) is 54.6 Å². The molecule has 1 amide bonds. The van der Waals surface area contributed by atoms with Crippen molar-refractivity contribution in [3.05, 3.63) is 46.0 Å². The number of carbonyl (C=O) groups excluding carboxylic acids is 1. The van der Waals surface area contributed by atoms with Gasteiger partial charge in [-0.25, -0.2) is 0 Å². The maximum absolute atomic E-state index is 12.8. The van der Waals surface area contributed by atoms with Gasteiger partial charge in [-0.2, -0.15) is 0 Å². The molecule has 2 saturated heterocycles. The van der Waals surface area contributed by atoms with Gasteiger partial charge in [0.25, 0.3) is 0 Å².